The predicted octanol–water partition coefficient (Wildman–Crippen LogP) is 19.8. The molecule has 0 aliphatic carbocycles. The molecule has 12 aromatic carbocycles. The molecule has 0 spiro atoms. The Morgan fingerprint density at radius 1 is 0.333 bits per heavy atom. The molecule has 0 N–H and O–H groups in total. The molecule has 7 nitrogen and oxygen atoms in total. The van der Waals surface area contributed by atoms with Gasteiger partial charge in [-0.15, -0.1) is 0 Å². The Morgan fingerprint density at radius 3 is 1.17 bits per heavy atom. The van der Waals surface area contributed by atoms with E-state index in [0.29, 0.717) is 22.6 Å². The summed E-state index contributed by atoms with van der Waals surface area (Å²) in [6.45, 7) is 0. The molecule has 15 rings (SSSR count). The molecule has 7 heteroatoms. The van der Waals surface area contributed by atoms with Crippen molar-refractivity contribution in [3.05, 3.63) is 297 Å². The minimum Gasteiger partial charge on any atom is -0.436 e. The van der Waals surface area contributed by atoms with Crippen molar-refractivity contribution < 1.29 is 4.42 Å². The van der Waals surface area contributed by atoms with E-state index in [1.54, 1.807) is 0 Å². The van der Waals surface area contributed by atoms with Crippen LogP contribution < -0.4 is 9.80 Å². The van der Waals surface area contributed by atoms with Crippen molar-refractivity contribution in [1.82, 2.24) is 14.1 Å². The standard InChI is InChI=1S/C74H48N6O/c75-49-54-47-65(74-76-66-29-15-18-32-73(66)81-74)72(80-68-31-17-14-28-62(68)64-46-53(38-44-70(64)80)51-35-41-60(42-36-51)78(57-23-9-3-10-24-57)58-25-11-4-12-26-58)48-71(54)79-67-30-16-13-27-61(67)63-45-52(37-43-69(63)79)50-33-39-59(40-34-50)77(55-19-5-1-6-20-55)56-21-7-2-8-22-56/h1-48H. The molecule has 0 radical (unpaired) electrons. The number of fused-ring (bicyclic) bond motifs is 7. The molecule has 0 aliphatic heterocycles. The highest BCUT2D eigenvalue weighted by atomic mass is 16.3. The quantitative estimate of drug-likeness (QED) is 0.129. The van der Waals surface area contributed by atoms with Crippen molar-refractivity contribution >= 4 is 88.8 Å². The van der Waals surface area contributed by atoms with Gasteiger partial charge in [-0.05, 0) is 156 Å². The zero-order valence-corrected chi connectivity index (χ0v) is 43.8. The summed E-state index contributed by atoms with van der Waals surface area (Å²) in [7, 11) is 0. The van der Waals surface area contributed by atoms with Crippen LogP contribution in [0.5, 0.6) is 0 Å². The summed E-state index contributed by atoms with van der Waals surface area (Å²) in [6.07, 6.45) is 0. The molecule has 0 aliphatic rings. The molecule has 0 amide bonds. The highest BCUT2D eigenvalue weighted by Gasteiger charge is 2.25. The Morgan fingerprint density at radius 2 is 0.716 bits per heavy atom. The number of rotatable bonds is 11. The molecule has 380 valence electrons. The normalized spacial score (nSPS) is 11.4. The van der Waals surface area contributed by atoms with Crippen LogP contribution in [0.3, 0.4) is 0 Å². The Balaban J connectivity index is 0.876. The molecular weight excluding hydrogens is 989 g/mol. The van der Waals surface area contributed by atoms with Gasteiger partial charge in [0.2, 0.25) is 5.89 Å². The molecule has 3 aromatic heterocycles. The third kappa shape index (κ3) is 8.17. The fourth-order valence-corrected chi connectivity index (χ4v) is 11.8. The maximum atomic E-state index is 11.3. The topological polar surface area (TPSA) is 66.2 Å². The lowest BCUT2D eigenvalue weighted by Crippen LogP contribution is -2.09. The monoisotopic (exact) mass is 1040 g/mol. The molecule has 0 saturated carbocycles. The number of aromatic nitrogens is 3. The number of hydrogen-bond donors (Lipinski definition) is 0. The van der Waals surface area contributed by atoms with Gasteiger partial charge in [-0.25, -0.2) is 4.98 Å². The first kappa shape index (κ1) is 47.0. The lowest BCUT2D eigenvalue weighted by molar-refractivity contribution is 0.619. The van der Waals surface area contributed by atoms with Crippen LogP contribution in [-0.4, -0.2) is 14.1 Å². The van der Waals surface area contributed by atoms with Crippen molar-refractivity contribution in [1.29, 1.82) is 5.26 Å². The number of nitriles is 1. The molecule has 3 heterocycles. The van der Waals surface area contributed by atoms with Gasteiger partial charge in [0.15, 0.2) is 5.58 Å². The number of oxazole rings is 1. The Labute approximate surface area is 467 Å². The first-order chi connectivity index (χ1) is 40.1. The van der Waals surface area contributed by atoms with Crippen LogP contribution in [0.4, 0.5) is 34.1 Å². The molecule has 0 bridgehead atoms. The molecule has 0 fully saturated rings. The van der Waals surface area contributed by atoms with E-state index in [4.69, 9.17) is 9.40 Å². The maximum absolute atomic E-state index is 11.3. The zero-order valence-electron chi connectivity index (χ0n) is 43.8. The van der Waals surface area contributed by atoms with E-state index < -0.39 is 0 Å². The highest BCUT2D eigenvalue weighted by molar-refractivity contribution is 6.13. The number of benzene rings is 12. The number of nitrogens with zero attached hydrogens (tertiary/aromatic N) is 6. The van der Waals surface area contributed by atoms with Gasteiger partial charge >= 0.3 is 0 Å². The number of hydrogen-bond acceptors (Lipinski definition) is 5. The lowest BCUT2D eigenvalue weighted by Gasteiger charge is -2.25. The SMILES string of the molecule is N#Cc1cc(-c2nc3ccccc3o2)c(-n2c3ccccc3c3cc(-c4ccc(N(c5ccccc5)c5ccccc5)cc4)ccc32)cc1-n1c2ccccc2c2cc(-c3ccc(N(c4ccccc4)c4ccccc4)cc3)ccc21. The first-order valence-corrected chi connectivity index (χ1v) is 27.2. The van der Waals surface area contributed by atoms with E-state index in [-0.39, 0.29) is 0 Å². The highest BCUT2D eigenvalue weighted by Crippen LogP contribution is 2.44. The average Bonchev–Trinajstić information content (AvgIpc) is 3.82. The molecule has 0 atom stereocenters. The fraction of sp³-hybridized carbons (Fsp3) is 0. The summed E-state index contributed by atoms with van der Waals surface area (Å²) in [5.41, 5.74) is 19.1. The lowest BCUT2D eigenvalue weighted by atomic mass is 10.0. The first-order valence-electron chi connectivity index (χ1n) is 27.2. The molecular formula is C74H48N6O. The summed E-state index contributed by atoms with van der Waals surface area (Å²) in [6, 6.07) is 105. The third-order valence-electron chi connectivity index (χ3n) is 15.6. The second kappa shape index (κ2) is 19.7. The van der Waals surface area contributed by atoms with Crippen LogP contribution in [0.15, 0.2) is 296 Å². The van der Waals surface area contributed by atoms with Gasteiger partial charge < -0.3 is 23.4 Å². The van der Waals surface area contributed by atoms with Crippen LogP contribution in [0.2, 0.25) is 0 Å². The van der Waals surface area contributed by atoms with Crippen LogP contribution >= 0.6 is 0 Å². The molecule has 81 heavy (non-hydrogen) atoms. The number of anilines is 6. The molecule has 15 aromatic rings. The van der Waals surface area contributed by atoms with E-state index in [9.17, 15) is 5.26 Å². The van der Waals surface area contributed by atoms with Crippen molar-refractivity contribution in [2.45, 2.75) is 0 Å². The van der Waals surface area contributed by atoms with E-state index in [2.05, 4.69) is 262 Å². The Bertz CT molecular complexity index is 4750. The summed E-state index contributed by atoms with van der Waals surface area (Å²) in [5, 5.41) is 15.7. The van der Waals surface area contributed by atoms with Crippen LogP contribution in [0, 0.1) is 11.3 Å². The van der Waals surface area contributed by atoms with Gasteiger partial charge in [0, 0.05) is 55.7 Å². The summed E-state index contributed by atoms with van der Waals surface area (Å²) in [5.74, 6) is 0.436. The predicted molar refractivity (Wildman–Crippen MR) is 333 cm³/mol. The third-order valence-corrected chi connectivity index (χ3v) is 15.6. The average molecular weight is 1040 g/mol. The van der Waals surface area contributed by atoms with E-state index in [0.717, 1.165) is 117 Å². The van der Waals surface area contributed by atoms with Gasteiger partial charge in [0.25, 0.3) is 0 Å². The smallest absolute Gasteiger partial charge is 0.229 e. The van der Waals surface area contributed by atoms with Crippen molar-refractivity contribution in [2.75, 3.05) is 9.80 Å². The molecule has 0 unspecified atom stereocenters. The number of para-hydroxylation sites is 8. The fourth-order valence-electron chi connectivity index (χ4n) is 11.8. The summed E-state index contributed by atoms with van der Waals surface area (Å²) >= 11 is 0. The second-order valence-electron chi connectivity index (χ2n) is 20.3. The van der Waals surface area contributed by atoms with Crippen LogP contribution in [-0.2, 0) is 0 Å². The second-order valence-corrected chi connectivity index (χ2v) is 20.3. The largest absolute Gasteiger partial charge is 0.436 e. The maximum Gasteiger partial charge on any atom is 0.229 e. The summed E-state index contributed by atoms with van der Waals surface area (Å²) in [4.78, 5) is 9.63. The van der Waals surface area contributed by atoms with Gasteiger partial charge in [-0.1, -0.05) is 158 Å². The Kier molecular flexibility index (Phi) is 11.4. The van der Waals surface area contributed by atoms with Gasteiger partial charge in [0.1, 0.15) is 11.6 Å². The summed E-state index contributed by atoms with van der Waals surface area (Å²) < 4.78 is 11.2. The van der Waals surface area contributed by atoms with Crippen molar-refractivity contribution in [3.63, 3.8) is 0 Å². The van der Waals surface area contributed by atoms with Gasteiger partial charge in [-0.3, -0.25) is 0 Å². The van der Waals surface area contributed by atoms with Gasteiger partial charge in [0.05, 0.1) is 44.6 Å². The minimum atomic E-state index is 0.436. The zero-order chi connectivity index (χ0) is 53.8. The van der Waals surface area contributed by atoms with E-state index in [1.165, 1.54) is 0 Å². The molecule has 0 saturated heterocycles. The Hall–Kier alpha value is -11.2. The van der Waals surface area contributed by atoms with E-state index in [1.807, 2.05) is 54.6 Å². The van der Waals surface area contributed by atoms with E-state index >= 15 is 0 Å². The van der Waals surface area contributed by atoms with Crippen molar-refractivity contribution in [2.24, 2.45) is 0 Å². The van der Waals surface area contributed by atoms with Crippen LogP contribution in [0.25, 0.3) is 99.8 Å². The van der Waals surface area contributed by atoms with Gasteiger partial charge in [-0.2, -0.15) is 5.26 Å². The van der Waals surface area contributed by atoms with Crippen LogP contribution in [0.1, 0.15) is 5.56 Å². The van der Waals surface area contributed by atoms with Crippen molar-refractivity contribution in [3.8, 4) is 51.2 Å². The minimum absolute atomic E-state index is 0.436.